The van der Waals surface area contributed by atoms with E-state index in [0.717, 1.165) is 67.0 Å². The normalized spacial score (nSPS) is 11.3. The van der Waals surface area contributed by atoms with Gasteiger partial charge >= 0.3 is 196 Å². The maximum atomic E-state index is 6.51. The first kappa shape index (κ1) is 31.6. The summed E-state index contributed by atoms with van der Waals surface area (Å²) in [4.78, 5) is 13.7. The second-order valence-electron chi connectivity index (χ2n) is 12.1. The molecule has 46 heavy (non-hydrogen) atoms. The van der Waals surface area contributed by atoms with Crippen LogP contribution in [0.4, 0.5) is 0 Å². The number of fused-ring (bicyclic) bond motifs is 4. The van der Waals surface area contributed by atoms with Crippen LogP contribution in [0.5, 0.6) is 0 Å². The van der Waals surface area contributed by atoms with Gasteiger partial charge in [-0.15, -0.1) is 35.9 Å². The van der Waals surface area contributed by atoms with Crippen LogP contribution in [-0.2, 0) is 20.1 Å². The van der Waals surface area contributed by atoms with E-state index in [1.54, 1.807) is 6.20 Å². The van der Waals surface area contributed by atoms with E-state index in [0.29, 0.717) is 0 Å². The van der Waals surface area contributed by atoms with Gasteiger partial charge in [0.25, 0.3) is 0 Å². The fraction of sp³-hybridized carbons (Fsp3) is 0.103. The molecule has 229 valence electrons. The van der Waals surface area contributed by atoms with Crippen LogP contribution in [0.1, 0.15) is 5.69 Å². The van der Waals surface area contributed by atoms with Gasteiger partial charge in [-0.25, -0.2) is 0 Å². The van der Waals surface area contributed by atoms with Crippen LogP contribution >= 0.6 is 0 Å². The van der Waals surface area contributed by atoms with Crippen molar-refractivity contribution < 1.29 is 24.5 Å². The number of hydrogen-bond donors (Lipinski definition) is 0. The topological polar surface area (TPSA) is 56.7 Å². The van der Waals surface area contributed by atoms with Crippen LogP contribution in [0.2, 0.25) is 17.3 Å². The van der Waals surface area contributed by atoms with Crippen molar-refractivity contribution in [1.82, 2.24) is 19.5 Å². The van der Waals surface area contributed by atoms with E-state index in [-0.39, 0.29) is 20.1 Å². The molecule has 0 aliphatic carbocycles. The molecule has 0 bridgehead atoms. The molecule has 0 unspecified atom stereocenters. The zero-order valence-electron chi connectivity index (χ0n) is 26.1. The van der Waals surface area contributed by atoms with E-state index in [1.807, 2.05) is 79.9 Å². The molecule has 1 radical (unpaired) electrons. The van der Waals surface area contributed by atoms with Crippen LogP contribution in [-0.4, -0.2) is 32.8 Å². The van der Waals surface area contributed by atoms with E-state index >= 15 is 0 Å². The van der Waals surface area contributed by atoms with Crippen molar-refractivity contribution in [2.75, 3.05) is 0 Å². The Kier molecular flexibility index (Phi) is 9.05. The summed E-state index contributed by atoms with van der Waals surface area (Å²) < 4.78 is 10.1. The molecular weight excluding hydrogens is 805 g/mol. The summed E-state index contributed by atoms with van der Waals surface area (Å²) >= 11 is -1.97. The average Bonchev–Trinajstić information content (AvgIpc) is 3.64. The Hall–Kier alpha value is -4.36. The number of aryl methyl sites for hydroxylation is 1. The first-order valence-electron chi connectivity index (χ1n) is 15.0. The molecule has 8 aromatic rings. The van der Waals surface area contributed by atoms with Crippen molar-refractivity contribution in [3.63, 3.8) is 0 Å². The zero-order valence-corrected chi connectivity index (χ0v) is 30.6. The van der Waals surface area contributed by atoms with Crippen molar-refractivity contribution in [3.8, 4) is 28.3 Å². The molecule has 4 heterocycles. The Balaban J connectivity index is 0.000000241. The van der Waals surface area contributed by atoms with Crippen LogP contribution in [0, 0.1) is 19.1 Å². The molecule has 0 aliphatic heterocycles. The molecule has 0 fully saturated rings. The second kappa shape index (κ2) is 13.2. The molecule has 0 aliphatic rings. The Morgan fingerprint density at radius 1 is 0.761 bits per heavy atom. The van der Waals surface area contributed by atoms with E-state index in [9.17, 15) is 0 Å². The summed E-state index contributed by atoms with van der Waals surface area (Å²) in [6, 6.07) is 43.4. The SMILES string of the molecule is Cc1cc2c(cn1)nc(-c1[c-]ccc3c1oc1c[c]([Ge]([CH3])([CH3])[CH3])ccc13)n2-c1ccccc1.[Ir].[c-]1ccccc1-c1ccccn1. The van der Waals surface area contributed by atoms with Gasteiger partial charge in [0.15, 0.2) is 0 Å². The molecule has 7 heteroatoms. The summed E-state index contributed by atoms with van der Waals surface area (Å²) in [7, 11) is 0. The number of rotatable bonds is 4. The Morgan fingerprint density at radius 3 is 2.30 bits per heavy atom. The van der Waals surface area contributed by atoms with Gasteiger partial charge in [0.1, 0.15) is 0 Å². The fourth-order valence-electron chi connectivity index (χ4n) is 5.54. The summed E-state index contributed by atoms with van der Waals surface area (Å²) in [5, 5.41) is 2.23. The first-order chi connectivity index (χ1) is 21.9. The van der Waals surface area contributed by atoms with E-state index in [1.165, 1.54) is 4.40 Å². The first-order valence-corrected chi connectivity index (χ1v) is 22.4. The molecule has 0 atom stereocenters. The molecular formula is C39H32GeIrN4O-2. The van der Waals surface area contributed by atoms with E-state index in [2.05, 4.69) is 86.4 Å². The van der Waals surface area contributed by atoms with Gasteiger partial charge in [0, 0.05) is 26.3 Å². The Morgan fingerprint density at radius 2 is 1.57 bits per heavy atom. The van der Waals surface area contributed by atoms with E-state index in [4.69, 9.17) is 9.40 Å². The van der Waals surface area contributed by atoms with Crippen LogP contribution in [0.15, 0.2) is 126 Å². The van der Waals surface area contributed by atoms with Crippen molar-refractivity contribution in [2.24, 2.45) is 0 Å². The monoisotopic (exact) mass is 839 g/mol. The van der Waals surface area contributed by atoms with Gasteiger partial charge in [0.2, 0.25) is 0 Å². The number of benzene rings is 4. The third-order valence-corrected chi connectivity index (χ3v) is 12.2. The number of aromatic nitrogens is 4. The maximum absolute atomic E-state index is 6.51. The second-order valence-corrected chi connectivity index (χ2v) is 22.7. The average molecular weight is 838 g/mol. The zero-order chi connectivity index (χ0) is 31.0. The molecule has 0 amide bonds. The molecule has 0 N–H and O–H groups in total. The van der Waals surface area contributed by atoms with Crippen LogP contribution < -0.4 is 4.40 Å². The maximum Gasteiger partial charge on any atom is 0.0160 e. The predicted molar refractivity (Wildman–Crippen MR) is 187 cm³/mol. The third kappa shape index (κ3) is 6.21. The Bertz CT molecular complexity index is 2220. The largest absolute Gasteiger partial charge is 0.305 e. The van der Waals surface area contributed by atoms with Crippen molar-refractivity contribution in [2.45, 2.75) is 24.2 Å². The quantitative estimate of drug-likeness (QED) is 0.131. The third-order valence-electron chi connectivity index (χ3n) is 7.86. The van der Waals surface area contributed by atoms with Crippen molar-refractivity contribution >= 4 is 50.6 Å². The van der Waals surface area contributed by atoms with Gasteiger partial charge in [-0.05, 0) is 11.8 Å². The summed E-state index contributed by atoms with van der Waals surface area (Å²) in [6.07, 6.45) is 3.63. The minimum atomic E-state index is -1.97. The Labute approximate surface area is 285 Å². The minimum absolute atomic E-state index is 0. The minimum Gasteiger partial charge on any atom is -0.305 e. The number of pyridine rings is 2. The summed E-state index contributed by atoms with van der Waals surface area (Å²) in [5.74, 6) is 8.02. The fourth-order valence-corrected chi connectivity index (χ4v) is 7.94. The number of imidazole rings is 1. The number of para-hydroxylation sites is 1. The van der Waals surface area contributed by atoms with Crippen LogP contribution in [0.3, 0.4) is 0 Å². The number of furan rings is 1. The van der Waals surface area contributed by atoms with Gasteiger partial charge < -0.3 is 4.98 Å². The molecule has 0 saturated carbocycles. The molecule has 4 aromatic carbocycles. The number of nitrogens with zero attached hydrogens (tertiary/aromatic N) is 4. The molecule has 5 nitrogen and oxygen atoms in total. The van der Waals surface area contributed by atoms with Crippen LogP contribution in [0.25, 0.3) is 61.3 Å². The van der Waals surface area contributed by atoms with Crippen molar-refractivity contribution in [3.05, 3.63) is 139 Å². The summed E-state index contributed by atoms with van der Waals surface area (Å²) in [6.45, 7) is 2.00. The molecule has 0 saturated heterocycles. The van der Waals surface area contributed by atoms with Gasteiger partial charge in [0.05, 0.1) is 0 Å². The molecule has 4 aromatic heterocycles. The van der Waals surface area contributed by atoms with Gasteiger partial charge in [-0.3, -0.25) is 0 Å². The van der Waals surface area contributed by atoms with Gasteiger partial charge in [-0.2, -0.15) is 0 Å². The summed E-state index contributed by atoms with van der Waals surface area (Å²) in [5.41, 5.74) is 8.50. The van der Waals surface area contributed by atoms with Gasteiger partial charge in [-0.1, -0.05) is 12.1 Å². The standard InChI is InChI=1S/C28H24GeN3O.C11H8N.Ir/c1-18-15-25-24(17-30-18)31-28(32(25)20-9-6-5-7-10-20)23-12-8-11-22-21-14-13-19(29(2,3)4)16-26(21)33-27(22)23;1-2-6-10(7-3-1)11-8-4-5-9-12-11;/h5-11,13-17H,1-4H3;1-6,8-9H;/q2*-1;. The smallest absolute Gasteiger partial charge is 0.0160 e. The molecule has 8 rings (SSSR count). The predicted octanol–water partition coefficient (Wildman–Crippen LogP) is 9.19. The van der Waals surface area contributed by atoms with Crippen molar-refractivity contribution in [1.29, 1.82) is 0 Å². The van der Waals surface area contributed by atoms with E-state index < -0.39 is 13.3 Å². The number of hydrogen-bond acceptors (Lipinski definition) is 4. The molecule has 0 spiro atoms.